The van der Waals surface area contributed by atoms with Crippen molar-refractivity contribution in [2.24, 2.45) is 23.2 Å². The van der Waals surface area contributed by atoms with E-state index in [1.54, 1.807) is 0 Å². The van der Waals surface area contributed by atoms with Gasteiger partial charge in [0.25, 0.3) is 0 Å². The first-order chi connectivity index (χ1) is 11.8. The molecule has 3 heteroatoms. The van der Waals surface area contributed by atoms with E-state index in [1.165, 1.54) is 38.1 Å². The van der Waals surface area contributed by atoms with E-state index in [1.807, 2.05) is 0 Å². The maximum Gasteiger partial charge on any atom is 0.0588 e. The van der Waals surface area contributed by atoms with Gasteiger partial charge in [0.1, 0.15) is 0 Å². The highest BCUT2D eigenvalue weighted by molar-refractivity contribution is 8.00. The summed E-state index contributed by atoms with van der Waals surface area (Å²) in [6.45, 7) is 24.7. The topological polar surface area (TPSA) is 6.48 Å². The minimum atomic E-state index is 0.297. The summed E-state index contributed by atoms with van der Waals surface area (Å²) >= 11 is 2.19. The van der Waals surface area contributed by atoms with Gasteiger partial charge in [-0.25, -0.2) is 0 Å². The lowest BCUT2D eigenvalue weighted by Gasteiger charge is -2.47. The summed E-state index contributed by atoms with van der Waals surface area (Å²) in [6.07, 6.45) is 4.17. The number of rotatable bonds is 5. The zero-order chi connectivity index (χ0) is 19.5. The van der Waals surface area contributed by atoms with Crippen LogP contribution in [-0.4, -0.2) is 51.1 Å². The van der Waals surface area contributed by atoms with Gasteiger partial charge in [-0.2, -0.15) is 0 Å². The third kappa shape index (κ3) is 4.15. The van der Waals surface area contributed by atoms with E-state index in [4.69, 9.17) is 0 Å². The van der Waals surface area contributed by atoms with Crippen LogP contribution in [0, 0.1) is 23.2 Å². The molecule has 0 radical (unpaired) electrons. The monoisotopic (exact) mass is 380 g/mol. The SMILES string of the molecule is CC(CCC(C)(C)N1CC2CC2C1C(C)(C)C)C1SCCN1C(C)(C)C. The quantitative estimate of drug-likeness (QED) is 0.602. The Bertz CT molecular complexity index is 501. The van der Waals surface area contributed by atoms with Gasteiger partial charge in [-0.05, 0) is 77.0 Å². The van der Waals surface area contributed by atoms with Crippen LogP contribution in [0.2, 0.25) is 0 Å². The lowest BCUT2D eigenvalue weighted by molar-refractivity contribution is 0.0172. The molecule has 3 aliphatic rings. The normalized spacial score (nSPS) is 35.0. The molecule has 0 N–H and O–H groups in total. The van der Waals surface area contributed by atoms with Crippen LogP contribution in [0.15, 0.2) is 0 Å². The molecule has 1 aliphatic carbocycles. The summed E-state index contributed by atoms with van der Waals surface area (Å²) in [6, 6.07) is 0.782. The molecule has 0 spiro atoms. The van der Waals surface area contributed by atoms with Gasteiger partial charge >= 0.3 is 0 Å². The Labute approximate surface area is 167 Å². The van der Waals surface area contributed by atoms with E-state index in [9.17, 15) is 0 Å². The molecule has 1 saturated carbocycles. The number of thioether (sulfide) groups is 1. The highest BCUT2D eigenvalue weighted by Crippen LogP contribution is 2.56. The van der Waals surface area contributed by atoms with Crippen molar-refractivity contribution in [3.05, 3.63) is 0 Å². The lowest BCUT2D eigenvalue weighted by Crippen LogP contribution is -2.53. The van der Waals surface area contributed by atoms with Crippen LogP contribution in [-0.2, 0) is 0 Å². The Morgan fingerprint density at radius 3 is 2.23 bits per heavy atom. The molecular formula is C23H44N2S. The summed E-state index contributed by atoms with van der Waals surface area (Å²) in [4.78, 5) is 5.65. The molecule has 3 fully saturated rings. The average Bonchev–Trinajstić information content (AvgIpc) is 2.95. The molecule has 0 aromatic heterocycles. The molecule has 2 heterocycles. The molecular weight excluding hydrogens is 336 g/mol. The van der Waals surface area contributed by atoms with Crippen molar-refractivity contribution in [1.29, 1.82) is 0 Å². The number of fused-ring (bicyclic) bond motifs is 1. The van der Waals surface area contributed by atoms with Gasteiger partial charge in [0.15, 0.2) is 0 Å². The second-order valence-corrected chi connectivity index (χ2v) is 13.3. The minimum absolute atomic E-state index is 0.297. The van der Waals surface area contributed by atoms with Crippen molar-refractivity contribution in [2.75, 3.05) is 18.8 Å². The predicted molar refractivity (Wildman–Crippen MR) is 117 cm³/mol. The Kier molecular flexibility index (Phi) is 5.61. The number of likely N-dealkylation sites (tertiary alicyclic amines) is 1. The van der Waals surface area contributed by atoms with Crippen molar-refractivity contribution in [2.45, 2.75) is 104 Å². The Morgan fingerprint density at radius 1 is 1.00 bits per heavy atom. The van der Waals surface area contributed by atoms with Gasteiger partial charge in [-0.15, -0.1) is 11.8 Å². The summed E-state index contributed by atoms with van der Waals surface area (Å²) in [5.74, 6) is 4.05. The third-order valence-corrected chi connectivity index (χ3v) is 8.78. The first-order valence-electron chi connectivity index (χ1n) is 11.0. The number of hydrogen-bond acceptors (Lipinski definition) is 3. The molecule has 2 saturated heterocycles. The largest absolute Gasteiger partial charge is 0.294 e. The van der Waals surface area contributed by atoms with Crippen LogP contribution in [0.5, 0.6) is 0 Å². The highest BCUT2D eigenvalue weighted by atomic mass is 32.2. The zero-order valence-electron chi connectivity index (χ0n) is 18.9. The predicted octanol–water partition coefficient (Wildman–Crippen LogP) is 5.72. The van der Waals surface area contributed by atoms with E-state index in [2.05, 4.69) is 83.9 Å². The van der Waals surface area contributed by atoms with Crippen LogP contribution in [0.4, 0.5) is 0 Å². The van der Waals surface area contributed by atoms with Crippen molar-refractivity contribution in [3.63, 3.8) is 0 Å². The molecule has 0 amide bonds. The van der Waals surface area contributed by atoms with E-state index in [0.717, 1.165) is 23.8 Å². The van der Waals surface area contributed by atoms with E-state index >= 15 is 0 Å². The highest BCUT2D eigenvalue weighted by Gasteiger charge is 2.58. The standard InChI is InChI=1S/C23H44N2S/c1-16(20-24(12-13-26-20)22(5,6)7)10-11-23(8,9)25-15-17-14-18(17)19(25)21(2,3)4/h16-20H,10-15H2,1-9H3. The van der Waals surface area contributed by atoms with Crippen LogP contribution in [0.1, 0.15) is 81.6 Å². The van der Waals surface area contributed by atoms with Crippen molar-refractivity contribution in [3.8, 4) is 0 Å². The van der Waals surface area contributed by atoms with Gasteiger partial charge in [-0.3, -0.25) is 9.80 Å². The van der Waals surface area contributed by atoms with Gasteiger partial charge in [0.2, 0.25) is 0 Å². The Balaban J connectivity index is 1.61. The first kappa shape index (κ1) is 21.0. The Morgan fingerprint density at radius 2 is 1.65 bits per heavy atom. The number of hydrogen-bond donors (Lipinski definition) is 0. The Hall–Kier alpha value is 0.270. The van der Waals surface area contributed by atoms with Crippen molar-refractivity contribution < 1.29 is 0 Å². The maximum absolute atomic E-state index is 2.90. The molecule has 5 atom stereocenters. The van der Waals surface area contributed by atoms with Gasteiger partial charge in [-0.1, -0.05) is 27.7 Å². The summed E-state index contributed by atoms with van der Waals surface area (Å²) in [7, 11) is 0. The summed E-state index contributed by atoms with van der Waals surface area (Å²) in [5, 5.41) is 0.705. The molecule has 3 rings (SSSR count). The van der Waals surface area contributed by atoms with Crippen LogP contribution in [0.3, 0.4) is 0 Å². The van der Waals surface area contributed by atoms with E-state index in [0.29, 0.717) is 21.9 Å². The molecule has 2 nitrogen and oxygen atoms in total. The second kappa shape index (κ2) is 6.95. The zero-order valence-corrected chi connectivity index (χ0v) is 19.7. The molecule has 0 aromatic carbocycles. The molecule has 0 bridgehead atoms. The molecule has 2 aliphatic heterocycles. The second-order valence-electron chi connectivity index (χ2n) is 12.1. The lowest BCUT2D eigenvalue weighted by atomic mass is 9.80. The van der Waals surface area contributed by atoms with E-state index in [-0.39, 0.29) is 0 Å². The molecule has 0 aromatic rings. The van der Waals surface area contributed by atoms with Crippen LogP contribution in [0.25, 0.3) is 0 Å². The fraction of sp³-hybridized carbons (Fsp3) is 1.00. The van der Waals surface area contributed by atoms with Gasteiger partial charge < -0.3 is 0 Å². The minimum Gasteiger partial charge on any atom is -0.294 e. The smallest absolute Gasteiger partial charge is 0.0588 e. The fourth-order valence-corrected chi connectivity index (χ4v) is 7.35. The van der Waals surface area contributed by atoms with Crippen molar-refractivity contribution in [1.82, 2.24) is 9.80 Å². The maximum atomic E-state index is 2.90. The average molecular weight is 381 g/mol. The van der Waals surface area contributed by atoms with Gasteiger partial charge in [0, 0.05) is 36.0 Å². The van der Waals surface area contributed by atoms with Crippen molar-refractivity contribution >= 4 is 11.8 Å². The third-order valence-electron chi connectivity index (χ3n) is 7.30. The first-order valence-corrected chi connectivity index (χ1v) is 12.0. The molecule has 26 heavy (non-hydrogen) atoms. The summed E-state index contributed by atoms with van der Waals surface area (Å²) in [5.41, 5.74) is 1.03. The van der Waals surface area contributed by atoms with Crippen LogP contribution >= 0.6 is 11.8 Å². The van der Waals surface area contributed by atoms with Gasteiger partial charge in [0.05, 0.1) is 5.37 Å². The fourth-order valence-electron chi connectivity index (χ4n) is 5.74. The number of piperidine rings is 1. The molecule has 5 unspecified atom stereocenters. The van der Waals surface area contributed by atoms with E-state index < -0.39 is 0 Å². The molecule has 152 valence electrons. The summed E-state index contributed by atoms with van der Waals surface area (Å²) < 4.78 is 0. The number of nitrogens with zero attached hydrogens (tertiary/aromatic N) is 2. The van der Waals surface area contributed by atoms with Crippen LogP contribution < -0.4 is 0 Å².